The lowest BCUT2D eigenvalue weighted by molar-refractivity contribution is 0.0947. The summed E-state index contributed by atoms with van der Waals surface area (Å²) in [5.74, 6) is 0.680. The molecule has 0 aliphatic carbocycles. The summed E-state index contributed by atoms with van der Waals surface area (Å²) < 4.78 is 5.69. The molecule has 0 bridgehead atoms. The molecule has 1 aliphatic rings. The lowest BCUT2D eigenvalue weighted by atomic mass is 10.2. The molecule has 7 heteroatoms. The second-order valence-corrected chi connectivity index (χ2v) is 7.93. The first-order valence-corrected chi connectivity index (χ1v) is 11.1. The zero-order valence-electron chi connectivity index (χ0n) is 16.9. The third-order valence-electron chi connectivity index (χ3n) is 5.19. The number of nitrogens with one attached hydrogen (secondary N) is 1. The van der Waals surface area contributed by atoms with Crippen molar-refractivity contribution in [2.75, 3.05) is 44.2 Å². The highest BCUT2D eigenvalue weighted by molar-refractivity contribution is 7.07. The van der Waals surface area contributed by atoms with Crippen LogP contribution in [0.3, 0.4) is 0 Å². The van der Waals surface area contributed by atoms with E-state index in [9.17, 15) is 4.79 Å². The van der Waals surface area contributed by atoms with Crippen molar-refractivity contribution in [2.45, 2.75) is 6.61 Å². The molecule has 2 aromatic carbocycles. The van der Waals surface area contributed by atoms with Crippen LogP contribution in [-0.2, 0) is 6.61 Å². The van der Waals surface area contributed by atoms with E-state index in [4.69, 9.17) is 4.74 Å². The van der Waals surface area contributed by atoms with E-state index in [0.717, 1.165) is 44.2 Å². The maximum absolute atomic E-state index is 12.4. The molecular weight excluding hydrogens is 396 g/mol. The van der Waals surface area contributed by atoms with E-state index < -0.39 is 0 Å². The largest absolute Gasteiger partial charge is 0.487 e. The fourth-order valence-electron chi connectivity index (χ4n) is 3.47. The zero-order valence-corrected chi connectivity index (χ0v) is 17.7. The van der Waals surface area contributed by atoms with Gasteiger partial charge in [0.1, 0.15) is 12.4 Å². The molecule has 0 unspecified atom stereocenters. The summed E-state index contributed by atoms with van der Waals surface area (Å²) in [5, 5.41) is 4.98. The number of thiazole rings is 1. The van der Waals surface area contributed by atoms with Crippen LogP contribution in [0.25, 0.3) is 0 Å². The second kappa shape index (κ2) is 10.2. The third-order valence-corrected chi connectivity index (χ3v) is 5.83. The monoisotopic (exact) mass is 422 g/mol. The summed E-state index contributed by atoms with van der Waals surface area (Å²) in [5.41, 5.74) is 4.62. The van der Waals surface area contributed by atoms with Crippen molar-refractivity contribution >= 4 is 22.9 Å². The second-order valence-electron chi connectivity index (χ2n) is 7.21. The number of carbonyl (C=O) groups is 1. The van der Waals surface area contributed by atoms with Gasteiger partial charge in [0.2, 0.25) is 0 Å². The topological polar surface area (TPSA) is 57.7 Å². The number of nitrogens with zero attached hydrogens (tertiary/aromatic N) is 3. The Kier molecular flexibility index (Phi) is 6.95. The highest BCUT2D eigenvalue weighted by Gasteiger charge is 2.17. The molecule has 156 valence electrons. The molecule has 0 spiro atoms. The lowest BCUT2D eigenvalue weighted by Crippen LogP contribution is -2.48. The molecular formula is C23H26N4O2S. The van der Waals surface area contributed by atoms with Crippen LogP contribution >= 0.6 is 11.3 Å². The summed E-state index contributed by atoms with van der Waals surface area (Å²) in [6.07, 6.45) is 0. The SMILES string of the molecule is O=C(NCCN1CCN(c2ccccc2)CC1)c1ccc(OCc2cscn2)cc1. The first-order valence-electron chi connectivity index (χ1n) is 10.2. The molecule has 1 aromatic heterocycles. The van der Waals surface area contributed by atoms with Gasteiger partial charge in [-0.25, -0.2) is 4.98 Å². The van der Waals surface area contributed by atoms with E-state index in [1.54, 1.807) is 29.0 Å². The van der Waals surface area contributed by atoms with Gasteiger partial charge in [0.25, 0.3) is 5.91 Å². The molecule has 1 fully saturated rings. The summed E-state index contributed by atoms with van der Waals surface area (Å²) in [6, 6.07) is 17.8. The van der Waals surface area contributed by atoms with Gasteiger partial charge in [-0.1, -0.05) is 18.2 Å². The Bertz CT molecular complexity index is 908. The molecule has 0 saturated carbocycles. The van der Waals surface area contributed by atoms with E-state index in [1.807, 2.05) is 23.6 Å². The number of para-hydroxylation sites is 1. The predicted octanol–water partition coefficient (Wildman–Crippen LogP) is 3.27. The minimum Gasteiger partial charge on any atom is -0.487 e. The maximum atomic E-state index is 12.4. The van der Waals surface area contributed by atoms with Crippen molar-refractivity contribution in [3.8, 4) is 5.75 Å². The van der Waals surface area contributed by atoms with E-state index in [2.05, 4.69) is 44.4 Å². The molecule has 0 radical (unpaired) electrons. The van der Waals surface area contributed by atoms with Crippen molar-refractivity contribution < 1.29 is 9.53 Å². The standard InChI is InChI=1S/C23H26N4O2S/c28-23(19-6-8-22(9-7-19)29-16-20-17-30-18-25-20)24-10-11-26-12-14-27(15-13-26)21-4-2-1-3-5-21/h1-9,17-18H,10-16H2,(H,24,28). The Morgan fingerprint density at radius 1 is 1.03 bits per heavy atom. The Balaban J connectivity index is 1.16. The number of piperazine rings is 1. The van der Waals surface area contributed by atoms with Gasteiger partial charge in [0.05, 0.1) is 11.2 Å². The number of hydrogen-bond acceptors (Lipinski definition) is 6. The molecule has 30 heavy (non-hydrogen) atoms. The summed E-state index contributed by atoms with van der Waals surface area (Å²) in [7, 11) is 0. The van der Waals surface area contributed by atoms with E-state index >= 15 is 0 Å². The molecule has 4 rings (SSSR count). The average Bonchev–Trinajstić information content (AvgIpc) is 3.33. The Labute approximate surface area is 181 Å². The number of hydrogen-bond donors (Lipinski definition) is 1. The molecule has 1 saturated heterocycles. The van der Waals surface area contributed by atoms with Gasteiger partial charge in [0, 0.05) is 55.9 Å². The number of rotatable bonds is 8. The van der Waals surface area contributed by atoms with Gasteiger partial charge in [-0.3, -0.25) is 9.69 Å². The van der Waals surface area contributed by atoms with Crippen LogP contribution in [0.4, 0.5) is 5.69 Å². The quantitative estimate of drug-likeness (QED) is 0.604. The van der Waals surface area contributed by atoms with Crippen molar-refractivity contribution in [3.05, 3.63) is 76.7 Å². The molecule has 1 aliphatic heterocycles. The van der Waals surface area contributed by atoms with Gasteiger partial charge in [-0.2, -0.15) is 0 Å². The van der Waals surface area contributed by atoms with Gasteiger partial charge in [0.15, 0.2) is 0 Å². The van der Waals surface area contributed by atoms with Gasteiger partial charge in [-0.05, 0) is 36.4 Å². The normalized spacial score (nSPS) is 14.5. The molecule has 6 nitrogen and oxygen atoms in total. The summed E-state index contributed by atoms with van der Waals surface area (Å²) in [6.45, 7) is 5.99. The number of aromatic nitrogens is 1. The molecule has 0 atom stereocenters. The minimum atomic E-state index is -0.0519. The van der Waals surface area contributed by atoms with Gasteiger partial charge >= 0.3 is 0 Å². The van der Waals surface area contributed by atoms with Crippen LogP contribution in [-0.4, -0.2) is 55.1 Å². The first kappa shape index (κ1) is 20.4. The lowest BCUT2D eigenvalue weighted by Gasteiger charge is -2.36. The number of carbonyl (C=O) groups excluding carboxylic acids is 1. The first-order chi connectivity index (χ1) is 14.8. The highest BCUT2D eigenvalue weighted by atomic mass is 32.1. The van der Waals surface area contributed by atoms with E-state index in [0.29, 0.717) is 18.7 Å². The fraction of sp³-hybridized carbons (Fsp3) is 0.304. The van der Waals surface area contributed by atoms with Crippen LogP contribution in [0, 0.1) is 0 Å². The Morgan fingerprint density at radius 2 is 1.80 bits per heavy atom. The summed E-state index contributed by atoms with van der Waals surface area (Å²) >= 11 is 1.55. The predicted molar refractivity (Wildman–Crippen MR) is 120 cm³/mol. The van der Waals surface area contributed by atoms with Crippen molar-refractivity contribution in [3.63, 3.8) is 0 Å². The smallest absolute Gasteiger partial charge is 0.251 e. The van der Waals surface area contributed by atoms with Crippen LogP contribution in [0.2, 0.25) is 0 Å². The zero-order chi connectivity index (χ0) is 20.6. The van der Waals surface area contributed by atoms with Crippen LogP contribution in [0.1, 0.15) is 16.1 Å². The molecule has 3 aromatic rings. The van der Waals surface area contributed by atoms with Crippen LogP contribution < -0.4 is 15.0 Å². The van der Waals surface area contributed by atoms with Crippen LogP contribution in [0.5, 0.6) is 5.75 Å². The fourth-order valence-corrected chi connectivity index (χ4v) is 4.01. The van der Waals surface area contributed by atoms with Crippen molar-refractivity contribution in [1.82, 2.24) is 15.2 Å². The van der Waals surface area contributed by atoms with Crippen molar-refractivity contribution in [2.24, 2.45) is 0 Å². The molecule has 1 amide bonds. The van der Waals surface area contributed by atoms with E-state index in [1.165, 1.54) is 5.69 Å². The maximum Gasteiger partial charge on any atom is 0.251 e. The van der Waals surface area contributed by atoms with Crippen molar-refractivity contribution in [1.29, 1.82) is 0 Å². The number of benzene rings is 2. The highest BCUT2D eigenvalue weighted by Crippen LogP contribution is 2.16. The number of amides is 1. The van der Waals surface area contributed by atoms with Gasteiger partial charge in [-0.15, -0.1) is 11.3 Å². The van der Waals surface area contributed by atoms with Crippen LogP contribution in [0.15, 0.2) is 65.5 Å². The number of anilines is 1. The minimum absolute atomic E-state index is 0.0519. The Morgan fingerprint density at radius 3 is 2.50 bits per heavy atom. The number of ether oxygens (including phenoxy) is 1. The average molecular weight is 423 g/mol. The molecule has 2 heterocycles. The molecule has 1 N–H and O–H groups in total. The Hall–Kier alpha value is -2.90. The van der Waals surface area contributed by atoms with Gasteiger partial charge < -0.3 is 15.0 Å². The van der Waals surface area contributed by atoms with E-state index in [-0.39, 0.29) is 5.91 Å². The third kappa shape index (κ3) is 5.58. The summed E-state index contributed by atoms with van der Waals surface area (Å²) in [4.78, 5) is 21.4.